The first-order valence-electron chi connectivity index (χ1n) is 32.1. The van der Waals surface area contributed by atoms with E-state index >= 15 is 0 Å². The summed E-state index contributed by atoms with van der Waals surface area (Å²) in [6.07, 6.45) is 74.7. The van der Waals surface area contributed by atoms with Gasteiger partial charge in [-0.05, 0) is 77.0 Å². The van der Waals surface area contributed by atoms with Gasteiger partial charge >= 0.3 is 5.97 Å². The second-order valence-electron chi connectivity index (χ2n) is 22.1. The van der Waals surface area contributed by atoms with Crippen LogP contribution in [0, 0.1) is 0 Å². The molecule has 6 nitrogen and oxygen atoms in total. The van der Waals surface area contributed by atoms with Gasteiger partial charge in [-0.1, -0.05) is 289 Å². The summed E-state index contributed by atoms with van der Waals surface area (Å²) in [5.74, 6) is -0.0391. The summed E-state index contributed by atoms with van der Waals surface area (Å²) in [6, 6.07) is -0.548. The summed E-state index contributed by atoms with van der Waals surface area (Å²) in [7, 11) is 0. The van der Waals surface area contributed by atoms with Crippen molar-refractivity contribution < 1.29 is 24.5 Å². The highest BCUT2D eigenvalue weighted by molar-refractivity contribution is 5.76. The highest BCUT2D eigenvalue weighted by atomic mass is 16.5. The molecule has 0 aromatic carbocycles. The summed E-state index contributed by atoms with van der Waals surface area (Å²) < 4.78 is 5.48. The van der Waals surface area contributed by atoms with E-state index in [9.17, 15) is 19.8 Å². The van der Waals surface area contributed by atoms with Crippen molar-refractivity contribution in [1.82, 2.24) is 5.32 Å². The lowest BCUT2D eigenvalue weighted by molar-refractivity contribution is -0.143. The topological polar surface area (TPSA) is 95.9 Å². The number of hydrogen-bond acceptors (Lipinski definition) is 5. The van der Waals surface area contributed by atoms with Gasteiger partial charge in [-0.2, -0.15) is 0 Å². The second kappa shape index (κ2) is 60.9. The zero-order chi connectivity index (χ0) is 51.4. The van der Waals surface area contributed by atoms with Crippen LogP contribution in [0.1, 0.15) is 354 Å². The van der Waals surface area contributed by atoms with Gasteiger partial charge in [0, 0.05) is 12.8 Å². The van der Waals surface area contributed by atoms with Crippen LogP contribution >= 0.6 is 0 Å². The lowest BCUT2D eigenvalue weighted by Gasteiger charge is -2.22. The molecule has 0 heterocycles. The fraction of sp³-hybridized carbons (Fsp3) is 0.908. The Labute approximate surface area is 443 Å². The van der Waals surface area contributed by atoms with Gasteiger partial charge < -0.3 is 20.3 Å². The Balaban J connectivity index is 3.42. The standard InChI is InChI=1S/C65H125NO5/c1-3-5-7-9-11-13-15-17-19-20-26-30-33-37-41-45-49-53-57-63(68)62(61-67)66-64(69)58-54-50-46-42-38-34-31-27-24-22-21-23-25-28-32-36-40-44-48-52-56-60-71-65(70)59-55-51-47-43-39-35-29-18-16-14-12-10-8-6-4-2/h18,22,24,29,62-63,67-68H,3-17,19-21,23,25-28,30-61H2,1-2H3,(H,66,69)/b24-22-,29-18-. The van der Waals surface area contributed by atoms with Crippen LogP contribution in [0.5, 0.6) is 0 Å². The number of unbranched alkanes of at least 4 members (excludes halogenated alkanes) is 45. The van der Waals surface area contributed by atoms with E-state index in [1.165, 1.54) is 276 Å². The predicted octanol–water partition coefficient (Wildman–Crippen LogP) is 20.2. The minimum absolute atomic E-state index is 0.000883. The van der Waals surface area contributed by atoms with Crippen LogP contribution in [-0.2, 0) is 14.3 Å². The highest BCUT2D eigenvalue weighted by Gasteiger charge is 2.20. The second-order valence-corrected chi connectivity index (χ2v) is 22.1. The van der Waals surface area contributed by atoms with Crippen LogP contribution in [0.3, 0.4) is 0 Å². The molecule has 0 rings (SSSR count). The van der Waals surface area contributed by atoms with E-state index in [4.69, 9.17) is 4.74 Å². The van der Waals surface area contributed by atoms with Crippen LogP contribution in [0.15, 0.2) is 24.3 Å². The van der Waals surface area contributed by atoms with Gasteiger partial charge in [0.15, 0.2) is 0 Å². The van der Waals surface area contributed by atoms with Crippen molar-refractivity contribution in [1.29, 1.82) is 0 Å². The van der Waals surface area contributed by atoms with Crippen LogP contribution in [0.25, 0.3) is 0 Å². The number of rotatable bonds is 60. The largest absolute Gasteiger partial charge is 0.466 e. The Morgan fingerprint density at radius 1 is 0.380 bits per heavy atom. The highest BCUT2D eigenvalue weighted by Crippen LogP contribution is 2.18. The number of hydrogen-bond donors (Lipinski definition) is 3. The number of ether oxygens (including phenoxy) is 1. The number of nitrogens with one attached hydrogen (secondary N) is 1. The number of carbonyl (C=O) groups is 2. The summed E-state index contributed by atoms with van der Waals surface area (Å²) >= 11 is 0. The Kier molecular flexibility index (Phi) is 59.5. The van der Waals surface area contributed by atoms with Crippen LogP contribution in [0.2, 0.25) is 0 Å². The average molecular weight is 1000 g/mol. The molecule has 0 saturated heterocycles. The molecular weight excluding hydrogens is 875 g/mol. The molecule has 0 aromatic rings. The molecule has 0 bridgehead atoms. The van der Waals surface area contributed by atoms with Crippen molar-refractivity contribution in [3.05, 3.63) is 24.3 Å². The number of carbonyl (C=O) groups excluding carboxylic acids is 2. The molecule has 0 aliphatic heterocycles. The van der Waals surface area contributed by atoms with Crippen molar-refractivity contribution in [2.45, 2.75) is 366 Å². The van der Waals surface area contributed by atoms with Crippen LogP contribution in [-0.4, -0.2) is 47.4 Å². The minimum Gasteiger partial charge on any atom is -0.466 e. The summed E-state index contributed by atoms with van der Waals surface area (Å²) in [4.78, 5) is 24.6. The molecule has 6 heteroatoms. The van der Waals surface area contributed by atoms with Crippen LogP contribution < -0.4 is 5.32 Å². The van der Waals surface area contributed by atoms with E-state index in [-0.39, 0.29) is 18.5 Å². The fourth-order valence-corrected chi connectivity index (χ4v) is 10.0. The first-order chi connectivity index (χ1) is 35.0. The summed E-state index contributed by atoms with van der Waals surface area (Å²) in [5, 5.41) is 23.3. The third-order valence-electron chi connectivity index (χ3n) is 15.0. The van der Waals surface area contributed by atoms with Gasteiger partial charge in [-0.3, -0.25) is 9.59 Å². The molecule has 1 amide bonds. The molecule has 0 aromatic heterocycles. The molecule has 71 heavy (non-hydrogen) atoms. The van der Waals surface area contributed by atoms with Gasteiger partial charge in [0.25, 0.3) is 0 Å². The molecular formula is C65H125NO5. The monoisotopic (exact) mass is 1000 g/mol. The zero-order valence-corrected chi connectivity index (χ0v) is 48.0. The Hall–Kier alpha value is -1.66. The summed E-state index contributed by atoms with van der Waals surface area (Å²) in [6.45, 7) is 4.96. The van der Waals surface area contributed by atoms with Gasteiger partial charge in [0.05, 0.1) is 25.4 Å². The van der Waals surface area contributed by atoms with Gasteiger partial charge in [-0.25, -0.2) is 0 Å². The lowest BCUT2D eigenvalue weighted by atomic mass is 10.0. The molecule has 0 saturated carbocycles. The van der Waals surface area contributed by atoms with Crippen molar-refractivity contribution in [3.8, 4) is 0 Å². The first-order valence-corrected chi connectivity index (χ1v) is 32.1. The zero-order valence-electron chi connectivity index (χ0n) is 48.0. The maximum Gasteiger partial charge on any atom is 0.305 e. The Morgan fingerprint density at radius 2 is 0.662 bits per heavy atom. The molecule has 2 unspecified atom stereocenters. The SMILES string of the molecule is CCCCCCCC/C=C\CCCCCCCC(=O)OCCCCCCCCCCCC/C=C\CCCCCCCCCC(=O)NC(CO)C(O)CCCCCCCCCCCCCCCCCCCC. The normalized spacial score (nSPS) is 12.7. The van der Waals surface area contributed by atoms with E-state index in [1.807, 2.05) is 0 Å². The lowest BCUT2D eigenvalue weighted by Crippen LogP contribution is -2.45. The number of esters is 1. The Bertz CT molecular complexity index is 1110. The molecule has 3 N–H and O–H groups in total. The molecule has 420 valence electrons. The van der Waals surface area contributed by atoms with Crippen molar-refractivity contribution in [2.75, 3.05) is 13.2 Å². The van der Waals surface area contributed by atoms with Crippen molar-refractivity contribution in [3.63, 3.8) is 0 Å². The van der Waals surface area contributed by atoms with E-state index < -0.39 is 12.1 Å². The molecule has 0 fully saturated rings. The van der Waals surface area contributed by atoms with E-state index in [0.717, 1.165) is 44.9 Å². The number of amides is 1. The molecule has 2 atom stereocenters. The Morgan fingerprint density at radius 3 is 1.00 bits per heavy atom. The number of aliphatic hydroxyl groups is 2. The van der Waals surface area contributed by atoms with Gasteiger partial charge in [0.1, 0.15) is 0 Å². The first kappa shape index (κ1) is 69.3. The van der Waals surface area contributed by atoms with Crippen molar-refractivity contribution in [2.24, 2.45) is 0 Å². The third kappa shape index (κ3) is 57.5. The molecule has 0 aliphatic rings. The van der Waals surface area contributed by atoms with E-state index in [0.29, 0.717) is 25.9 Å². The maximum absolute atomic E-state index is 12.5. The smallest absolute Gasteiger partial charge is 0.305 e. The number of allylic oxidation sites excluding steroid dienone is 4. The van der Waals surface area contributed by atoms with Gasteiger partial charge in [-0.15, -0.1) is 0 Å². The third-order valence-corrected chi connectivity index (χ3v) is 15.0. The number of aliphatic hydroxyl groups excluding tert-OH is 2. The predicted molar refractivity (Wildman–Crippen MR) is 310 cm³/mol. The van der Waals surface area contributed by atoms with E-state index in [2.05, 4.69) is 43.5 Å². The van der Waals surface area contributed by atoms with Crippen molar-refractivity contribution >= 4 is 11.9 Å². The van der Waals surface area contributed by atoms with Crippen LogP contribution in [0.4, 0.5) is 0 Å². The maximum atomic E-state index is 12.5. The minimum atomic E-state index is -0.670. The average Bonchev–Trinajstić information content (AvgIpc) is 3.37. The fourth-order valence-electron chi connectivity index (χ4n) is 10.0. The molecule has 0 aliphatic carbocycles. The quantitative estimate of drug-likeness (QED) is 0.0320. The summed E-state index contributed by atoms with van der Waals surface area (Å²) in [5.41, 5.74) is 0. The molecule has 0 spiro atoms. The van der Waals surface area contributed by atoms with Gasteiger partial charge in [0.2, 0.25) is 5.91 Å². The van der Waals surface area contributed by atoms with E-state index in [1.54, 1.807) is 0 Å². The molecule has 0 radical (unpaired) electrons.